The molecule has 2 heterocycles. The van der Waals surface area contributed by atoms with Crippen LogP contribution in [0, 0.1) is 0 Å². The molecule has 0 atom stereocenters. The zero-order valence-corrected chi connectivity index (χ0v) is 17.6. The molecular formula is C25H28N2O4. The van der Waals surface area contributed by atoms with Gasteiger partial charge in [-0.2, -0.15) is 0 Å². The van der Waals surface area contributed by atoms with Crippen molar-refractivity contribution in [2.24, 2.45) is 0 Å². The number of hydrogen-bond donors (Lipinski definition) is 1. The number of amides is 1. The number of ether oxygens (including phenoxy) is 1. The van der Waals surface area contributed by atoms with E-state index in [9.17, 15) is 14.7 Å². The van der Waals surface area contributed by atoms with Crippen molar-refractivity contribution >= 4 is 23.6 Å². The molecule has 2 saturated heterocycles. The fourth-order valence-electron chi connectivity index (χ4n) is 4.06. The van der Waals surface area contributed by atoms with Gasteiger partial charge in [0.15, 0.2) is 5.78 Å². The van der Waals surface area contributed by atoms with Crippen molar-refractivity contribution in [2.75, 3.05) is 31.1 Å². The van der Waals surface area contributed by atoms with Gasteiger partial charge in [0.1, 0.15) is 11.5 Å². The topological polar surface area (TPSA) is 70.1 Å². The minimum absolute atomic E-state index is 0.169. The van der Waals surface area contributed by atoms with Gasteiger partial charge < -0.3 is 19.6 Å². The first-order valence-corrected chi connectivity index (χ1v) is 11.0. The molecule has 0 saturated carbocycles. The Bertz CT molecular complexity index is 956. The van der Waals surface area contributed by atoms with Gasteiger partial charge >= 0.3 is 6.09 Å². The van der Waals surface area contributed by atoms with Crippen molar-refractivity contribution in [1.82, 2.24) is 4.90 Å². The number of aromatic hydroxyl groups is 1. The summed E-state index contributed by atoms with van der Waals surface area (Å²) in [6.07, 6.45) is 8.47. The van der Waals surface area contributed by atoms with Crippen LogP contribution in [0.1, 0.15) is 48.0 Å². The van der Waals surface area contributed by atoms with E-state index in [4.69, 9.17) is 4.74 Å². The zero-order chi connectivity index (χ0) is 21.6. The smallest absolute Gasteiger partial charge is 0.415 e. The van der Waals surface area contributed by atoms with E-state index in [2.05, 4.69) is 17.0 Å². The van der Waals surface area contributed by atoms with E-state index in [0.29, 0.717) is 13.1 Å². The van der Waals surface area contributed by atoms with Gasteiger partial charge in [-0.25, -0.2) is 4.79 Å². The van der Waals surface area contributed by atoms with Gasteiger partial charge in [-0.1, -0.05) is 18.2 Å². The van der Waals surface area contributed by atoms with Crippen LogP contribution in [0.15, 0.2) is 48.5 Å². The third-order valence-corrected chi connectivity index (χ3v) is 5.85. The summed E-state index contributed by atoms with van der Waals surface area (Å²) in [6.45, 7) is 3.56. The minimum atomic E-state index is -0.427. The molecule has 6 nitrogen and oxygen atoms in total. The quantitative estimate of drug-likeness (QED) is 0.552. The van der Waals surface area contributed by atoms with E-state index >= 15 is 0 Å². The zero-order valence-electron chi connectivity index (χ0n) is 17.6. The van der Waals surface area contributed by atoms with Crippen LogP contribution in [-0.4, -0.2) is 48.1 Å². The molecule has 162 valence electrons. The number of carbonyl (C=O) groups excluding carboxylic acids is 2. The van der Waals surface area contributed by atoms with Crippen LogP contribution >= 0.6 is 0 Å². The lowest BCUT2D eigenvalue weighted by atomic mass is 10.1. The predicted molar refractivity (Wildman–Crippen MR) is 121 cm³/mol. The van der Waals surface area contributed by atoms with Crippen LogP contribution < -0.4 is 9.64 Å². The van der Waals surface area contributed by atoms with Gasteiger partial charge in [0.05, 0.1) is 5.56 Å². The lowest BCUT2D eigenvalue weighted by molar-refractivity contribution is 0.104. The van der Waals surface area contributed by atoms with Gasteiger partial charge in [-0.3, -0.25) is 4.79 Å². The van der Waals surface area contributed by atoms with Crippen LogP contribution in [-0.2, 0) is 0 Å². The van der Waals surface area contributed by atoms with Gasteiger partial charge in [0, 0.05) is 37.9 Å². The summed E-state index contributed by atoms with van der Waals surface area (Å²) in [5.41, 5.74) is 2.30. The first-order valence-electron chi connectivity index (χ1n) is 11.0. The summed E-state index contributed by atoms with van der Waals surface area (Å²) in [5.74, 6) is -0.292. The number of phenols is 1. The lowest BCUT2D eigenvalue weighted by Gasteiger charge is -2.28. The molecule has 2 aromatic carbocycles. The maximum absolute atomic E-state index is 12.5. The number of ketones is 1. The van der Waals surface area contributed by atoms with E-state index in [-0.39, 0.29) is 22.8 Å². The van der Waals surface area contributed by atoms with Gasteiger partial charge in [0.2, 0.25) is 0 Å². The van der Waals surface area contributed by atoms with Crippen molar-refractivity contribution in [3.8, 4) is 11.5 Å². The Labute approximate surface area is 182 Å². The van der Waals surface area contributed by atoms with E-state index in [1.54, 1.807) is 11.0 Å². The summed E-state index contributed by atoms with van der Waals surface area (Å²) in [7, 11) is 0. The number of benzene rings is 2. The maximum Gasteiger partial charge on any atom is 0.415 e. The van der Waals surface area contributed by atoms with E-state index in [1.807, 2.05) is 12.1 Å². The normalized spacial score (nSPS) is 16.6. The van der Waals surface area contributed by atoms with Crippen LogP contribution in [0.2, 0.25) is 0 Å². The molecule has 0 aromatic heterocycles. The average molecular weight is 421 g/mol. The summed E-state index contributed by atoms with van der Waals surface area (Å²) < 4.78 is 5.30. The molecular weight excluding hydrogens is 392 g/mol. The Kier molecular flexibility index (Phi) is 6.55. The molecule has 31 heavy (non-hydrogen) atoms. The molecule has 6 heteroatoms. The van der Waals surface area contributed by atoms with Gasteiger partial charge in [-0.15, -0.1) is 0 Å². The standard InChI is InChI=1S/C25H28N2O4/c28-23(13-8-19-6-9-20(10-7-19)26-14-2-1-3-15-26)22-12-11-21(18-24(22)29)31-25(30)27-16-4-5-17-27/h6-13,18,29H,1-5,14-17H2/b13-8+. The molecule has 1 amide bonds. The van der Waals surface area contributed by atoms with Crippen LogP contribution in [0.25, 0.3) is 6.08 Å². The lowest BCUT2D eigenvalue weighted by Crippen LogP contribution is -2.30. The van der Waals surface area contributed by atoms with Crippen molar-refractivity contribution in [3.63, 3.8) is 0 Å². The Morgan fingerprint density at radius 3 is 2.23 bits per heavy atom. The summed E-state index contributed by atoms with van der Waals surface area (Å²) >= 11 is 0. The van der Waals surface area contributed by atoms with E-state index in [1.165, 1.54) is 49.2 Å². The first kappa shape index (κ1) is 21.0. The first-order chi connectivity index (χ1) is 15.1. The molecule has 0 bridgehead atoms. The van der Waals surface area contributed by atoms with Crippen molar-refractivity contribution < 1.29 is 19.4 Å². The molecule has 2 aliphatic rings. The summed E-state index contributed by atoms with van der Waals surface area (Å²) in [5, 5.41) is 10.3. The van der Waals surface area contributed by atoms with Crippen LogP contribution in [0.3, 0.4) is 0 Å². The number of phenolic OH excluding ortho intramolecular Hbond substituents is 1. The van der Waals surface area contributed by atoms with Crippen LogP contribution in [0.4, 0.5) is 10.5 Å². The number of hydrogen-bond acceptors (Lipinski definition) is 5. The highest BCUT2D eigenvalue weighted by atomic mass is 16.6. The molecule has 2 aromatic rings. The summed E-state index contributed by atoms with van der Waals surface area (Å²) in [4.78, 5) is 28.6. The number of anilines is 1. The SMILES string of the molecule is O=C(/C=C/c1ccc(N2CCCCC2)cc1)c1ccc(OC(=O)N2CCCC2)cc1O. The van der Waals surface area contributed by atoms with Crippen molar-refractivity contribution in [2.45, 2.75) is 32.1 Å². The third-order valence-electron chi connectivity index (χ3n) is 5.85. The summed E-state index contributed by atoms with van der Waals surface area (Å²) in [6, 6.07) is 12.5. The van der Waals surface area contributed by atoms with Gasteiger partial charge in [0.25, 0.3) is 0 Å². The number of likely N-dealkylation sites (tertiary alicyclic amines) is 1. The maximum atomic E-state index is 12.5. The largest absolute Gasteiger partial charge is 0.507 e. The van der Waals surface area contributed by atoms with E-state index < -0.39 is 6.09 Å². The Morgan fingerprint density at radius 2 is 1.55 bits per heavy atom. The number of allylic oxidation sites excluding steroid dienone is 1. The fraction of sp³-hybridized carbons (Fsp3) is 0.360. The highest BCUT2D eigenvalue weighted by Crippen LogP contribution is 2.26. The highest BCUT2D eigenvalue weighted by molar-refractivity contribution is 6.08. The molecule has 0 aliphatic carbocycles. The molecule has 2 fully saturated rings. The second-order valence-electron chi connectivity index (χ2n) is 8.08. The minimum Gasteiger partial charge on any atom is -0.507 e. The number of carbonyl (C=O) groups is 2. The number of nitrogens with zero attached hydrogens (tertiary/aromatic N) is 2. The molecule has 0 spiro atoms. The average Bonchev–Trinajstić information content (AvgIpc) is 3.34. The number of rotatable bonds is 5. The third kappa shape index (κ3) is 5.26. The van der Waals surface area contributed by atoms with Crippen LogP contribution in [0.5, 0.6) is 11.5 Å². The predicted octanol–water partition coefficient (Wildman–Crippen LogP) is 4.87. The monoisotopic (exact) mass is 420 g/mol. The second kappa shape index (κ2) is 9.69. The van der Waals surface area contributed by atoms with Crippen molar-refractivity contribution in [1.29, 1.82) is 0 Å². The Morgan fingerprint density at radius 1 is 0.871 bits per heavy atom. The molecule has 0 unspecified atom stereocenters. The number of piperidine rings is 1. The molecule has 1 N–H and O–H groups in total. The fourth-order valence-corrected chi connectivity index (χ4v) is 4.06. The van der Waals surface area contributed by atoms with E-state index in [0.717, 1.165) is 31.5 Å². The van der Waals surface area contributed by atoms with Gasteiger partial charge in [-0.05, 0) is 68.0 Å². The van der Waals surface area contributed by atoms with Crippen molar-refractivity contribution in [3.05, 3.63) is 59.7 Å². The molecule has 2 aliphatic heterocycles. The molecule has 4 rings (SSSR count). The second-order valence-corrected chi connectivity index (χ2v) is 8.08. The Balaban J connectivity index is 1.37. The molecule has 0 radical (unpaired) electrons. The Hall–Kier alpha value is -3.28. The highest BCUT2D eigenvalue weighted by Gasteiger charge is 2.20.